The molecule has 20 heavy (non-hydrogen) atoms. The van der Waals surface area contributed by atoms with Gasteiger partial charge in [-0.25, -0.2) is 9.59 Å². The standard InChI is InChI=1S/C14H26N2O4/c1-11-3-2-4-12(9-11)5-6-15-14(19)16-7-8-20-10-13(17)18/h11-12H,2-10H2,1H3,(H,17,18)(H2,15,16,19). The van der Waals surface area contributed by atoms with Crippen LogP contribution in [-0.2, 0) is 9.53 Å². The molecule has 3 N–H and O–H groups in total. The van der Waals surface area contributed by atoms with Crippen molar-refractivity contribution < 1.29 is 19.4 Å². The maximum atomic E-state index is 11.5. The van der Waals surface area contributed by atoms with Gasteiger partial charge < -0.3 is 20.5 Å². The lowest BCUT2D eigenvalue weighted by Crippen LogP contribution is -2.38. The Kier molecular flexibility index (Phi) is 8.02. The molecule has 0 aromatic carbocycles. The summed E-state index contributed by atoms with van der Waals surface area (Å²) in [7, 11) is 0. The van der Waals surface area contributed by atoms with Crippen molar-refractivity contribution >= 4 is 12.0 Å². The summed E-state index contributed by atoms with van der Waals surface area (Å²) in [5.74, 6) is 0.545. The average Bonchev–Trinajstić information content (AvgIpc) is 2.38. The molecule has 0 radical (unpaired) electrons. The molecule has 1 aliphatic carbocycles. The normalized spacial score (nSPS) is 22.2. The highest BCUT2D eigenvalue weighted by Crippen LogP contribution is 2.30. The number of aliphatic carboxylic acids is 1. The van der Waals surface area contributed by atoms with Crippen LogP contribution in [0.15, 0.2) is 0 Å². The number of nitrogens with one attached hydrogen (secondary N) is 2. The van der Waals surface area contributed by atoms with Crippen LogP contribution in [0.2, 0.25) is 0 Å². The Labute approximate surface area is 120 Å². The molecule has 0 saturated heterocycles. The molecule has 0 aromatic heterocycles. The molecule has 1 aliphatic rings. The fourth-order valence-corrected chi connectivity index (χ4v) is 2.67. The van der Waals surface area contributed by atoms with E-state index in [0.29, 0.717) is 13.1 Å². The summed E-state index contributed by atoms with van der Waals surface area (Å²) >= 11 is 0. The van der Waals surface area contributed by atoms with Crippen LogP contribution in [0.3, 0.4) is 0 Å². The molecule has 0 aliphatic heterocycles. The van der Waals surface area contributed by atoms with E-state index in [4.69, 9.17) is 9.84 Å². The first-order valence-corrected chi connectivity index (χ1v) is 7.39. The lowest BCUT2D eigenvalue weighted by molar-refractivity contribution is -0.142. The maximum Gasteiger partial charge on any atom is 0.329 e. The number of hydrogen-bond donors (Lipinski definition) is 3. The molecular weight excluding hydrogens is 260 g/mol. The van der Waals surface area contributed by atoms with Crippen molar-refractivity contribution in [1.29, 1.82) is 0 Å². The average molecular weight is 286 g/mol. The Morgan fingerprint density at radius 1 is 1.25 bits per heavy atom. The zero-order chi connectivity index (χ0) is 14.8. The summed E-state index contributed by atoms with van der Waals surface area (Å²) < 4.78 is 4.81. The SMILES string of the molecule is CC1CCCC(CCNC(=O)NCCOCC(=O)O)C1. The third-order valence-electron chi connectivity index (χ3n) is 3.64. The second kappa shape index (κ2) is 9.58. The number of rotatable bonds is 8. The Bertz CT molecular complexity index is 310. The molecule has 1 saturated carbocycles. The summed E-state index contributed by atoms with van der Waals surface area (Å²) in [6, 6.07) is -0.215. The first-order chi connectivity index (χ1) is 9.58. The second-order valence-electron chi connectivity index (χ2n) is 5.56. The van der Waals surface area contributed by atoms with E-state index < -0.39 is 5.97 Å². The van der Waals surface area contributed by atoms with Crippen molar-refractivity contribution in [3.63, 3.8) is 0 Å². The minimum absolute atomic E-state index is 0.208. The lowest BCUT2D eigenvalue weighted by atomic mass is 9.81. The number of urea groups is 1. The van der Waals surface area contributed by atoms with Gasteiger partial charge >= 0.3 is 12.0 Å². The second-order valence-corrected chi connectivity index (χ2v) is 5.56. The molecule has 1 fully saturated rings. The molecule has 6 nitrogen and oxygen atoms in total. The monoisotopic (exact) mass is 286 g/mol. The van der Waals surface area contributed by atoms with Crippen LogP contribution < -0.4 is 10.6 Å². The molecule has 0 heterocycles. The van der Waals surface area contributed by atoms with E-state index in [1.54, 1.807) is 0 Å². The van der Waals surface area contributed by atoms with Gasteiger partial charge in [0, 0.05) is 13.1 Å². The van der Waals surface area contributed by atoms with Gasteiger partial charge in [-0.3, -0.25) is 0 Å². The Balaban J connectivity index is 1.95. The van der Waals surface area contributed by atoms with Crippen LogP contribution in [0, 0.1) is 11.8 Å². The zero-order valence-corrected chi connectivity index (χ0v) is 12.2. The Morgan fingerprint density at radius 3 is 2.70 bits per heavy atom. The number of amides is 2. The maximum absolute atomic E-state index is 11.5. The number of carboxylic acids is 1. The minimum atomic E-state index is -1.00. The molecule has 2 unspecified atom stereocenters. The zero-order valence-electron chi connectivity index (χ0n) is 12.2. The van der Waals surface area contributed by atoms with Crippen LogP contribution in [0.1, 0.15) is 39.0 Å². The highest BCUT2D eigenvalue weighted by atomic mass is 16.5. The van der Waals surface area contributed by atoms with Gasteiger partial charge in [0.15, 0.2) is 0 Å². The van der Waals surface area contributed by atoms with Crippen molar-refractivity contribution in [2.45, 2.75) is 39.0 Å². The first-order valence-electron chi connectivity index (χ1n) is 7.39. The Morgan fingerprint density at radius 2 is 2.00 bits per heavy atom. The van der Waals surface area contributed by atoms with Gasteiger partial charge in [-0.1, -0.05) is 26.2 Å². The number of carbonyl (C=O) groups is 2. The fourth-order valence-electron chi connectivity index (χ4n) is 2.67. The smallest absolute Gasteiger partial charge is 0.329 e. The van der Waals surface area contributed by atoms with Crippen LogP contribution in [0.4, 0.5) is 4.79 Å². The number of ether oxygens (including phenoxy) is 1. The quantitative estimate of drug-likeness (QED) is 0.591. The molecule has 0 spiro atoms. The predicted octanol–water partition coefficient (Wildman–Crippen LogP) is 1.60. The molecule has 1 rings (SSSR count). The summed E-state index contributed by atoms with van der Waals surface area (Å²) in [4.78, 5) is 21.6. The van der Waals surface area contributed by atoms with Crippen LogP contribution in [0.25, 0.3) is 0 Å². The van der Waals surface area contributed by atoms with Crippen molar-refractivity contribution in [1.82, 2.24) is 10.6 Å². The van der Waals surface area contributed by atoms with E-state index in [0.717, 1.165) is 18.3 Å². The van der Waals surface area contributed by atoms with Crippen LogP contribution in [-0.4, -0.2) is 43.4 Å². The van der Waals surface area contributed by atoms with Crippen molar-refractivity contribution in [3.05, 3.63) is 0 Å². The van der Waals surface area contributed by atoms with E-state index in [1.165, 1.54) is 25.7 Å². The van der Waals surface area contributed by atoms with Crippen molar-refractivity contribution in [2.24, 2.45) is 11.8 Å². The van der Waals surface area contributed by atoms with Gasteiger partial charge in [0.05, 0.1) is 6.61 Å². The molecular formula is C14H26N2O4. The van der Waals surface area contributed by atoms with E-state index >= 15 is 0 Å². The molecule has 116 valence electrons. The Hall–Kier alpha value is -1.30. The fraction of sp³-hybridized carbons (Fsp3) is 0.857. The van der Waals surface area contributed by atoms with E-state index in [-0.39, 0.29) is 19.2 Å². The van der Waals surface area contributed by atoms with Gasteiger partial charge in [0.1, 0.15) is 6.61 Å². The largest absolute Gasteiger partial charge is 0.480 e. The highest BCUT2D eigenvalue weighted by Gasteiger charge is 2.18. The summed E-state index contributed by atoms with van der Waals surface area (Å²) in [6.45, 7) is 3.19. The van der Waals surface area contributed by atoms with E-state index in [2.05, 4.69) is 17.6 Å². The van der Waals surface area contributed by atoms with E-state index in [9.17, 15) is 9.59 Å². The van der Waals surface area contributed by atoms with Crippen molar-refractivity contribution in [3.8, 4) is 0 Å². The lowest BCUT2D eigenvalue weighted by Gasteiger charge is -2.26. The third kappa shape index (κ3) is 7.99. The number of carbonyl (C=O) groups excluding carboxylic acids is 1. The first kappa shape index (κ1) is 16.8. The predicted molar refractivity (Wildman–Crippen MR) is 75.6 cm³/mol. The van der Waals surface area contributed by atoms with Gasteiger partial charge in [0.25, 0.3) is 0 Å². The molecule has 0 bridgehead atoms. The number of hydrogen-bond acceptors (Lipinski definition) is 3. The summed E-state index contributed by atoms with van der Waals surface area (Å²) in [6.07, 6.45) is 6.22. The van der Waals surface area contributed by atoms with Gasteiger partial charge in [-0.15, -0.1) is 0 Å². The van der Waals surface area contributed by atoms with Crippen molar-refractivity contribution in [2.75, 3.05) is 26.3 Å². The number of carboxylic acid groups (broad SMARTS) is 1. The highest BCUT2D eigenvalue weighted by molar-refractivity contribution is 5.73. The summed E-state index contributed by atoms with van der Waals surface area (Å²) in [5, 5.41) is 13.8. The van der Waals surface area contributed by atoms with Gasteiger partial charge in [-0.2, -0.15) is 0 Å². The minimum Gasteiger partial charge on any atom is -0.480 e. The molecule has 0 aromatic rings. The third-order valence-corrected chi connectivity index (χ3v) is 3.64. The van der Waals surface area contributed by atoms with E-state index in [1.807, 2.05) is 0 Å². The van der Waals surface area contributed by atoms with Crippen LogP contribution in [0.5, 0.6) is 0 Å². The molecule has 6 heteroatoms. The van der Waals surface area contributed by atoms with Gasteiger partial charge in [0.2, 0.25) is 0 Å². The molecule has 2 amide bonds. The van der Waals surface area contributed by atoms with Crippen LogP contribution >= 0.6 is 0 Å². The topological polar surface area (TPSA) is 87.7 Å². The molecule has 2 atom stereocenters. The van der Waals surface area contributed by atoms with Gasteiger partial charge in [-0.05, 0) is 24.7 Å². The summed E-state index contributed by atoms with van der Waals surface area (Å²) in [5.41, 5.74) is 0.